The zero-order valence-corrected chi connectivity index (χ0v) is 13.3. The van der Waals surface area contributed by atoms with Crippen molar-refractivity contribution in [3.05, 3.63) is 59.4 Å². The molecule has 0 aliphatic heterocycles. The molecule has 0 saturated heterocycles. The molecule has 4 nitrogen and oxygen atoms in total. The smallest absolute Gasteiger partial charge is 0.127 e. The van der Waals surface area contributed by atoms with Crippen LogP contribution in [0, 0.1) is 5.82 Å². The van der Waals surface area contributed by atoms with Gasteiger partial charge in [-0.2, -0.15) is 0 Å². The van der Waals surface area contributed by atoms with Gasteiger partial charge in [-0.05, 0) is 35.4 Å². The van der Waals surface area contributed by atoms with Crippen molar-refractivity contribution in [2.24, 2.45) is 11.5 Å². The lowest BCUT2D eigenvalue weighted by Crippen LogP contribution is -2.11. The molecule has 2 aromatic carbocycles. The maximum Gasteiger partial charge on any atom is 0.127 e. The van der Waals surface area contributed by atoms with Gasteiger partial charge in [-0.1, -0.05) is 19.1 Å². The Morgan fingerprint density at radius 2 is 1.48 bits per heavy atom. The first-order valence-corrected chi connectivity index (χ1v) is 7.70. The fraction of sp³-hybridized carbons (Fsp3) is 0.333. The second-order valence-electron chi connectivity index (χ2n) is 5.29. The van der Waals surface area contributed by atoms with E-state index < -0.39 is 0 Å². The van der Waals surface area contributed by atoms with E-state index in [0.717, 1.165) is 16.9 Å². The van der Waals surface area contributed by atoms with Gasteiger partial charge in [0.1, 0.15) is 30.5 Å². The zero-order chi connectivity index (χ0) is 16.7. The van der Waals surface area contributed by atoms with E-state index in [2.05, 4.69) is 0 Å². The van der Waals surface area contributed by atoms with Gasteiger partial charge in [-0.3, -0.25) is 0 Å². The first-order valence-electron chi connectivity index (χ1n) is 7.70. The number of benzene rings is 2. The summed E-state index contributed by atoms with van der Waals surface area (Å²) in [5.74, 6) is 0.997. The van der Waals surface area contributed by atoms with Gasteiger partial charge in [0.25, 0.3) is 0 Å². The summed E-state index contributed by atoms with van der Waals surface area (Å²) in [5.41, 5.74) is 12.8. The molecule has 0 saturated carbocycles. The molecular formula is C18H23FN2O2. The largest absolute Gasteiger partial charge is 0.492 e. The molecule has 0 aromatic heterocycles. The van der Waals surface area contributed by atoms with E-state index in [-0.39, 0.29) is 11.7 Å². The number of nitrogens with two attached hydrogens (primary N) is 2. The second-order valence-corrected chi connectivity index (χ2v) is 5.29. The molecule has 1 unspecified atom stereocenters. The second kappa shape index (κ2) is 8.50. The summed E-state index contributed by atoms with van der Waals surface area (Å²) in [4.78, 5) is 0. The average molecular weight is 318 g/mol. The lowest BCUT2D eigenvalue weighted by molar-refractivity contribution is 0.326. The Bertz CT molecular complexity index is 617. The van der Waals surface area contributed by atoms with Crippen molar-refractivity contribution in [3.8, 4) is 11.5 Å². The van der Waals surface area contributed by atoms with Gasteiger partial charge >= 0.3 is 0 Å². The van der Waals surface area contributed by atoms with Crippen LogP contribution in [0.2, 0.25) is 0 Å². The monoisotopic (exact) mass is 318 g/mol. The molecule has 1 atom stereocenters. The molecular weight excluding hydrogens is 295 g/mol. The predicted octanol–water partition coefficient (Wildman–Crippen LogP) is 2.65. The summed E-state index contributed by atoms with van der Waals surface area (Å²) in [5, 5.41) is 0. The number of hydrogen-bond donors (Lipinski definition) is 2. The Morgan fingerprint density at radius 1 is 0.870 bits per heavy atom. The third-order valence-corrected chi connectivity index (χ3v) is 3.55. The minimum atomic E-state index is -0.315. The van der Waals surface area contributed by atoms with E-state index in [0.29, 0.717) is 32.1 Å². The van der Waals surface area contributed by atoms with E-state index >= 15 is 0 Å². The molecule has 124 valence electrons. The van der Waals surface area contributed by atoms with Crippen LogP contribution in [0.1, 0.15) is 24.0 Å². The lowest BCUT2D eigenvalue weighted by atomic mass is 9.93. The van der Waals surface area contributed by atoms with Gasteiger partial charge in [0.15, 0.2) is 0 Å². The molecule has 0 aliphatic carbocycles. The van der Waals surface area contributed by atoms with E-state index in [9.17, 15) is 4.39 Å². The van der Waals surface area contributed by atoms with Crippen molar-refractivity contribution in [3.63, 3.8) is 0 Å². The SMILES string of the molecule is CC(c1ccc(OCCN)cc1)c1cc(F)cc(OCCN)c1. The first-order chi connectivity index (χ1) is 11.1. The fourth-order valence-corrected chi connectivity index (χ4v) is 2.32. The lowest BCUT2D eigenvalue weighted by Gasteiger charge is -2.15. The summed E-state index contributed by atoms with van der Waals surface area (Å²) >= 11 is 0. The van der Waals surface area contributed by atoms with Crippen molar-refractivity contribution >= 4 is 0 Å². The summed E-state index contributed by atoms with van der Waals surface area (Å²) in [7, 11) is 0. The highest BCUT2D eigenvalue weighted by atomic mass is 19.1. The third kappa shape index (κ3) is 4.94. The molecule has 0 heterocycles. The first kappa shape index (κ1) is 17.2. The summed E-state index contributed by atoms with van der Waals surface area (Å²) in [6.07, 6.45) is 0. The molecule has 0 fully saturated rings. The Balaban J connectivity index is 2.15. The molecule has 23 heavy (non-hydrogen) atoms. The van der Waals surface area contributed by atoms with E-state index in [4.69, 9.17) is 20.9 Å². The Labute approximate surface area is 136 Å². The molecule has 0 aliphatic rings. The molecule has 0 radical (unpaired) electrons. The van der Waals surface area contributed by atoms with Gasteiger partial charge in [-0.25, -0.2) is 4.39 Å². The quantitative estimate of drug-likeness (QED) is 0.785. The number of halogens is 1. The Kier molecular flexibility index (Phi) is 6.38. The van der Waals surface area contributed by atoms with Crippen molar-refractivity contribution in [1.82, 2.24) is 0 Å². The molecule has 2 aromatic rings. The molecule has 0 bridgehead atoms. The van der Waals surface area contributed by atoms with Crippen LogP contribution in [0.25, 0.3) is 0 Å². The van der Waals surface area contributed by atoms with Crippen LogP contribution >= 0.6 is 0 Å². The highest BCUT2D eigenvalue weighted by Crippen LogP contribution is 2.29. The van der Waals surface area contributed by atoms with Crippen LogP contribution in [-0.2, 0) is 0 Å². The van der Waals surface area contributed by atoms with Gasteiger partial charge < -0.3 is 20.9 Å². The highest BCUT2D eigenvalue weighted by Gasteiger charge is 2.12. The third-order valence-electron chi connectivity index (χ3n) is 3.55. The van der Waals surface area contributed by atoms with Crippen LogP contribution in [0.3, 0.4) is 0 Å². The van der Waals surface area contributed by atoms with Crippen LogP contribution in [-0.4, -0.2) is 26.3 Å². The van der Waals surface area contributed by atoms with Crippen LogP contribution in [0.4, 0.5) is 4.39 Å². The van der Waals surface area contributed by atoms with E-state index in [1.54, 1.807) is 0 Å². The van der Waals surface area contributed by atoms with Crippen LogP contribution in [0.15, 0.2) is 42.5 Å². The van der Waals surface area contributed by atoms with E-state index in [1.807, 2.05) is 37.3 Å². The molecule has 4 N–H and O–H groups in total. The molecule has 5 heteroatoms. The highest BCUT2D eigenvalue weighted by molar-refractivity contribution is 5.39. The molecule has 2 rings (SSSR count). The number of rotatable bonds is 8. The summed E-state index contributed by atoms with van der Waals surface area (Å²) in [6, 6.07) is 12.5. The maximum atomic E-state index is 13.8. The summed E-state index contributed by atoms with van der Waals surface area (Å²) < 4.78 is 24.7. The normalized spacial score (nSPS) is 12.0. The molecule has 0 spiro atoms. The van der Waals surface area contributed by atoms with Gasteiger partial charge in [0.2, 0.25) is 0 Å². The Morgan fingerprint density at radius 3 is 2.09 bits per heavy atom. The van der Waals surface area contributed by atoms with Crippen molar-refractivity contribution in [2.75, 3.05) is 26.3 Å². The van der Waals surface area contributed by atoms with Crippen LogP contribution in [0.5, 0.6) is 11.5 Å². The van der Waals surface area contributed by atoms with Crippen LogP contribution < -0.4 is 20.9 Å². The van der Waals surface area contributed by atoms with Crippen molar-refractivity contribution < 1.29 is 13.9 Å². The predicted molar refractivity (Wildman–Crippen MR) is 89.5 cm³/mol. The maximum absolute atomic E-state index is 13.8. The van der Waals surface area contributed by atoms with Gasteiger partial charge in [-0.15, -0.1) is 0 Å². The number of ether oxygens (including phenoxy) is 2. The topological polar surface area (TPSA) is 70.5 Å². The Hall–Kier alpha value is -2.11. The standard InChI is InChI=1S/C18H23FN2O2/c1-13(14-2-4-17(5-3-14)22-8-6-20)15-10-16(19)12-18(11-15)23-9-7-21/h2-5,10-13H,6-9,20-21H2,1H3. The zero-order valence-electron chi connectivity index (χ0n) is 13.3. The minimum absolute atomic E-state index is 0.0366. The average Bonchev–Trinajstić information content (AvgIpc) is 2.57. The minimum Gasteiger partial charge on any atom is -0.492 e. The molecule has 0 amide bonds. The van der Waals surface area contributed by atoms with Crippen molar-refractivity contribution in [2.45, 2.75) is 12.8 Å². The van der Waals surface area contributed by atoms with Gasteiger partial charge in [0, 0.05) is 25.1 Å². The van der Waals surface area contributed by atoms with Gasteiger partial charge in [0.05, 0.1) is 0 Å². The fourth-order valence-electron chi connectivity index (χ4n) is 2.32. The summed E-state index contributed by atoms with van der Waals surface area (Å²) in [6.45, 7) is 3.75. The van der Waals surface area contributed by atoms with E-state index in [1.165, 1.54) is 12.1 Å². The number of hydrogen-bond acceptors (Lipinski definition) is 4. The van der Waals surface area contributed by atoms with Crippen molar-refractivity contribution in [1.29, 1.82) is 0 Å².